The molecule has 0 aliphatic carbocycles. The van der Waals surface area contributed by atoms with Crippen LogP contribution in [0.2, 0.25) is 5.02 Å². The number of hydrogen-bond donors (Lipinski definition) is 1. The van der Waals surface area contributed by atoms with Crippen molar-refractivity contribution in [2.24, 2.45) is 5.92 Å². The average molecular weight is 376 g/mol. The summed E-state index contributed by atoms with van der Waals surface area (Å²) in [6, 6.07) is 14.7. The molecule has 1 amide bonds. The van der Waals surface area contributed by atoms with Crippen LogP contribution in [0.1, 0.15) is 38.8 Å². The van der Waals surface area contributed by atoms with Crippen LogP contribution >= 0.6 is 11.6 Å². The van der Waals surface area contributed by atoms with E-state index in [9.17, 15) is 4.79 Å². The van der Waals surface area contributed by atoms with E-state index in [-0.39, 0.29) is 11.9 Å². The van der Waals surface area contributed by atoms with Gasteiger partial charge >= 0.3 is 0 Å². The molecule has 0 bridgehead atoms. The summed E-state index contributed by atoms with van der Waals surface area (Å²) in [5.74, 6) is 1.64. The van der Waals surface area contributed by atoms with E-state index in [1.165, 1.54) is 0 Å². The molecule has 2 rings (SSSR count). The smallest absolute Gasteiger partial charge is 0.261 e. The van der Waals surface area contributed by atoms with Crippen molar-refractivity contribution >= 4 is 17.5 Å². The monoisotopic (exact) mass is 375 g/mol. The molecule has 0 saturated carbocycles. The highest BCUT2D eigenvalue weighted by molar-refractivity contribution is 6.30. The quantitative estimate of drug-likeness (QED) is 0.704. The number of nitrogens with one attached hydrogen (secondary N) is 1. The number of ether oxygens (including phenoxy) is 2. The molecule has 26 heavy (non-hydrogen) atoms. The Morgan fingerprint density at radius 1 is 1.08 bits per heavy atom. The van der Waals surface area contributed by atoms with Gasteiger partial charge in [-0.25, -0.2) is 0 Å². The van der Waals surface area contributed by atoms with Gasteiger partial charge in [-0.15, -0.1) is 0 Å². The summed E-state index contributed by atoms with van der Waals surface area (Å²) in [6.45, 7) is 6.00. The molecule has 140 valence electrons. The first-order chi connectivity index (χ1) is 12.4. The molecule has 0 saturated heterocycles. The van der Waals surface area contributed by atoms with E-state index in [4.69, 9.17) is 21.1 Å². The summed E-state index contributed by atoms with van der Waals surface area (Å²) in [5, 5.41) is 3.67. The van der Waals surface area contributed by atoms with Crippen LogP contribution in [0.15, 0.2) is 48.5 Å². The zero-order chi connectivity index (χ0) is 19.1. The maximum atomic E-state index is 12.6. The SMILES string of the molecule is COc1ccc([C@H](CC(C)C)NC(=O)[C@H](C)Oc2cccc(Cl)c2)cc1. The molecule has 0 aromatic heterocycles. The third-order valence-electron chi connectivity index (χ3n) is 4.02. The molecule has 0 unspecified atom stereocenters. The minimum absolute atomic E-state index is 0.0844. The highest BCUT2D eigenvalue weighted by Gasteiger charge is 2.21. The highest BCUT2D eigenvalue weighted by Crippen LogP contribution is 2.24. The van der Waals surface area contributed by atoms with Crippen molar-refractivity contribution in [1.29, 1.82) is 0 Å². The van der Waals surface area contributed by atoms with Crippen LogP contribution in [0.3, 0.4) is 0 Å². The minimum atomic E-state index is -0.624. The number of benzene rings is 2. The zero-order valence-electron chi connectivity index (χ0n) is 15.7. The molecule has 5 heteroatoms. The fourth-order valence-corrected chi connectivity index (χ4v) is 2.85. The van der Waals surface area contributed by atoms with Crippen molar-refractivity contribution in [3.63, 3.8) is 0 Å². The lowest BCUT2D eigenvalue weighted by Crippen LogP contribution is -2.39. The highest BCUT2D eigenvalue weighted by atomic mass is 35.5. The summed E-state index contributed by atoms with van der Waals surface area (Å²) in [6.07, 6.45) is 0.212. The molecule has 4 nitrogen and oxygen atoms in total. The Bertz CT molecular complexity index is 715. The van der Waals surface area contributed by atoms with Crippen molar-refractivity contribution in [2.75, 3.05) is 7.11 Å². The molecule has 2 atom stereocenters. The summed E-state index contributed by atoms with van der Waals surface area (Å²) in [7, 11) is 1.64. The lowest BCUT2D eigenvalue weighted by molar-refractivity contribution is -0.128. The molecule has 0 heterocycles. The van der Waals surface area contributed by atoms with E-state index in [1.54, 1.807) is 38.3 Å². The number of methoxy groups -OCH3 is 1. The summed E-state index contributed by atoms with van der Waals surface area (Å²) < 4.78 is 10.9. The normalized spacial score (nSPS) is 13.2. The maximum Gasteiger partial charge on any atom is 0.261 e. The molecule has 0 fully saturated rings. The summed E-state index contributed by atoms with van der Waals surface area (Å²) in [4.78, 5) is 12.6. The van der Waals surface area contributed by atoms with Crippen LogP contribution < -0.4 is 14.8 Å². The fraction of sp³-hybridized carbons (Fsp3) is 0.381. The third-order valence-corrected chi connectivity index (χ3v) is 4.26. The second kappa shape index (κ2) is 9.48. The van der Waals surface area contributed by atoms with E-state index >= 15 is 0 Å². The largest absolute Gasteiger partial charge is 0.497 e. The zero-order valence-corrected chi connectivity index (χ0v) is 16.4. The average Bonchev–Trinajstić information content (AvgIpc) is 2.60. The third kappa shape index (κ3) is 5.95. The van der Waals surface area contributed by atoms with Gasteiger partial charge in [0.2, 0.25) is 0 Å². The van der Waals surface area contributed by atoms with E-state index in [2.05, 4.69) is 19.2 Å². The standard InChI is InChI=1S/C21H26ClNO3/c1-14(2)12-20(16-8-10-18(25-4)11-9-16)23-21(24)15(3)26-19-7-5-6-17(22)13-19/h5-11,13-15,20H,12H2,1-4H3,(H,23,24)/t15-,20-/m0/s1. The van der Waals surface area contributed by atoms with Crippen LogP contribution in [0, 0.1) is 5.92 Å². The topological polar surface area (TPSA) is 47.6 Å². The van der Waals surface area contributed by atoms with Gasteiger partial charge in [0.05, 0.1) is 13.2 Å². The van der Waals surface area contributed by atoms with Crippen LogP contribution in [-0.2, 0) is 4.79 Å². The van der Waals surface area contributed by atoms with Gasteiger partial charge < -0.3 is 14.8 Å². The fourth-order valence-electron chi connectivity index (χ4n) is 2.67. The molecular weight excluding hydrogens is 350 g/mol. The van der Waals surface area contributed by atoms with Crippen LogP contribution in [-0.4, -0.2) is 19.1 Å². The van der Waals surface area contributed by atoms with E-state index < -0.39 is 6.10 Å². The molecule has 2 aromatic rings. The van der Waals surface area contributed by atoms with Crippen molar-refractivity contribution in [3.05, 3.63) is 59.1 Å². The molecular formula is C21H26ClNO3. The predicted octanol–water partition coefficient (Wildman–Crippen LogP) is 5.02. The summed E-state index contributed by atoms with van der Waals surface area (Å²) in [5.41, 5.74) is 1.04. The molecule has 2 aromatic carbocycles. The van der Waals surface area contributed by atoms with E-state index in [0.29, 0.717) is 16.7 Å². The number of carbonyl (C=O) groups is 1. The van der Waals surface area contributed by atoms with Crippen molar-refractivity contribution < 1.29 is 14.3 Å². The number of rotatable bonds is 8. The Hall–Kier alpha value is -2.20. The maximum absolute atomic E-state index is 12.6. The van der Waals surface area contributed by atoms with Crippen LogP contribution in [0.25, 0.3) is 0 Å². The number of hydrogen-bond acceptors (Lipinski definition) is 3. The molecule has 0 radical (unpaired) electrons. The van der Waals surface area contributed by atoms with Crippen molar-refractivity contribution in [1.82, 2.24) is 5.32 Å². The Labute approximate surface area is 160 Å². The van der Waals surface area contributed by atoms with Crippen LogP contribution in [0.4, 0.5) is 0 Å². The lowest BCUT2D eigenvalue weighted by Gasteiger charge is -2.24. The number of amides is 1. The Kier molecular flexibility index (Phi) is 7.34. The molecule has 0 spiro atoms. The van der Waals surface area contributed by atoms with Gasteiger partial charge in [-0.1, -0.05) is 43.6 Å². The Morgan fingerprint density at radius 2 is 1.77 bits per heavy atom. The van der Waals surface area contributed by atoms with Gasteiger partial charge in [-0.05, 0) is 55.2 Å². The minimum Gasteiger partial charge on any atom is -0.497 e. The molecule has 1 N–H and O–H groups in total. The van der Waals surface area contributed by atoms with E-state index in [0.717, 1.165) is 17.7 Å². The van der Waals surface area contributed by atoms with Gasteiger partial charge in [0.1, 0.15) is 11.5 Å². The number of halogens is 1. The number of carbonyl (C=O) groups excluding carboxylic acids is 1. The lowest BCUT2D eigenvalue weighted by atomic mass is 9.96. The predicted molar refractivity (Wildman–Crippen MR) is 105 cm³/mol. The molecule has 0 aliphatic rings. The first-order valence-electron chi connectivity index (χ1n) is 8.75. The van der Waals surface area contributed by atoms with Crippen molar-refractivity contribution in [3.8, 4) is 11.5 Å². The van der Waals surface area contributed by atoms with E-state index in [1.807, 2.05) is 24.3 Å². The second-order valence-corrected chi connectivity index (χ2v) is 7.12. The van der Waals surface area contributed by atoms with Gasteiger partial charge in [0.15, 0.2) is 6.10 Å². The second-order valence-electron chi connectivity index (χ2n) is 6.68. The van der Waals surface area contributed by atoms with Gasteiger partial charge in [-0.3, -0.25) is 4.79 Å². The van der Waals surface area contributed by atoms with Gasteiger partial charge in [0.25, 0.3) is 5.91 Å². The van der Waals surface area contributed by atoms with Crippen LogP contribution in [0.5, 0.6) is 11.5 Å². The Balaban J connectivity index is 2.07. The Morgan fingerprint density at radius 3 is 2.35 bits per heavy atom. The first kappa shape index (κ1) is 20.1. The first-order valence-corrected chi connectivity index (χ1v) is 9.13. The van der Waals surface area contributed by atoms with Gasteiger partial charge in [-0.2, -0.15) is 0 Å². The molecule has 0 aliphatic heterocycles. The summed E-state index contributed by atoms with van der Waals surface area (Å²) >= 11 is 5.96. The van der Waals surface area contributed by atoms with Crippen molar-refractivity contribution in [2.45, 2.75) is 39.3 Å². The van der Waals surface area contributed by atoms with Gasteiger partial charge in [0, 0.05) is 5.02 Å².